The van der Waals surface area contributed by atoms with Crippen LogP contribution in [0, 0.1) is 21.7 Å². The van der Waals surface area contributed by atoms with Crippen molar-refractivity contribution in [2.75, 3.05) is 13.2 Å². The number of carbonyl (C=O) groups excluding carboxylic acids is 2. The topological polar surface area (TPSA) is 105 Å². The first-order chi connectivity index (χ1) is 13.3. The lowest BCUT2D eigenvalue weighted by atomic mass is 10.1. The lowest BCUT2D eigenvalue weighted by molar-refractivity contribution is -0.385. The Hall–Kier alpha value is -3.56. The fraction of sp³-hybridized carbons (Fsp3) is 0.222. The molecule has 1 atom stereocenters. The van der Waals surface area contributed by atoms with Crippen molar-refractivity contribution < 1.29 is 37.5 Å². The third kappa shape index (κ3) is 3.75. The van der Waals surface area contributed by atoms with Gasteiger partial charge in [-0.15, -0.1) is 0 Å². The van der Waals surface area contributed by atoms with E-state index in [1.54, 1.807) is 0 Å². The highest BCUT2D eigenvalue weighted by Gasteiger charge is 2.30. The Labute approximate surface area is 156 Å². The Bertz CT molecular complexity index is 977. The molecule has 28 heavy (non-hydrogen) atoms. The predicted octanol–water partition coefficient (Wildman–Crippen LogP) is 3.07. The molecule has 10 heteroatoms. The van der Waals surface area contributed by atoms with Gasteiger partial charge in [0.25, 0.3) is 5.69 Å². The summed E-state index contributed by atoms with van der Waals surface area (Å²) in [5.41, 5.74) is -1.23. The summed E-state index contributed by atoms with van der Waals surface area (Å²) < 4.78 is 41.8. The normalized spacial score (nSPS) is 13.5. The van der Waals surface area contributed by atoms with Gasteiger partial charge >= 0.3 is 5.97 Å². The third-order valence-electron chi connectivity index (χ3n) is 3.93. The van der Waals surface area contributed by atoms with Gasteiger partial charge in [0.1, 0.15) is 18.8 Å². The number of hydrogen-bond acceptors (Lipinski definition) is 7. The van der Waals surface area contributed by atoms with E-state index < -0.39 is 45.7 Å². The Morgan fingerprint density at radius 3 is 2.36 bits per heavy atom. The zero-order chi connectivity index (χ0) is 20.4. The maximum atomic E-state index is 13.3. The molecular formula is C18H13F2NO7. The molecule has 1 aliphatic rings. The van der Waals surface area contributed by atoms with Crippen LogP contribution in [0.3, 0.4) is 0 Å². The predicted molar refractivity (Wildman–Crippen MR) is 89.7 cm³/mol. The largest absolute Gasteiger partial charge is 0.486 e. The molecule has 0 bridgehead atoms. The van der Waals surface area contributed by atoms with Crippen LogP contribution in [0.4, 0.5) is 14.5 Å². The summed E-state index contributed by atoms with van der Waals surface area (Å²) in [6, 6.07) is 4.62. The van der Waals surface area contributed by atoms with E-state index in [1.807, 2.05) is 0 Å². The van der Waals surface area contributed by atoms with E-state index in [4.69, 9.17) is 14.2 Å². The van der Waals surface area contributed by atoms with E-state index in [-0.39, 0.29) is 30.3 Å². The Morgan fingerprint density at radius 2 is 1.75 bits per heavy atom. The van der Waals surface area contributed by atoms with Gasteiger partial charge in [-0.3, -0.25) is 14.9 Å². The monoisotopic (exact) mass is 393 g/mol. The number of ketones is 1. The lowest BCUT2D eigenvalue weighted by Crippen LogP contribution is -2.25. The summed E-state index contributed by atoms with van der Waals surface area (Å²) in [6.45, 7) is 1.61. The fourth-order valence-electron chi connectivity index (χ4n) is 2.55. The molecule has 3 rings (SSSR count). The number of nitrogens with zero attached hydrogens (tertiary/aromatic N) is 1. The highest BCUT2D eigenvalue weighted by atomic mass is 19.2. The molecule has 0 spiro atoms. The van der Waals surface area contributed by atoms with Crippen LogP contribution in [-0.2, 0) is 4.74 Å². The first-order valence-electron chi connectivity index (χ1n) is 8.06. The number of ether oxygens (including phenoxy) is 3. The Kier molecular flexibility index (Phi) is 5.21. The number of Topliss-reactive ketones (excluding diaryl/α,β-unsaturated/α-hetero) is 1. The van der Waals surface area contributed by atoms with Crippen molar-refractivity contribution in [3.63, 3.8) is 0 Å². The van der Waals surface area contributed by atoms with Crippen molar-refractivity contribution in [2.24, 2.45) is 0 Å². The molecule has 0 amide bonds. The number of benzene rings is 2. The molecule has 0 saturated carbocycles. The molecule has 0 radical (unpaired) electrons. The van der Waals surface area contributed by atoms with Crippen LogP contribution in [0.2, 0.25) is 0 Å². The maximum Gasteiger partial charge on any atom is 0.346 e. The standard InChI is InChI=1S/C18H13F2NO7/c1-9(17(22)10-2-3-12(19)13(20)6-10)28-18(23)11-7-15-16(27-5-4-26-15)8-14(11)21(24)25/h2-3,6-9H,4-5H2,1H3. The summed E-state index contributed by atoms with van der Waals surface area (Å²) in [4.78, 5) is 35.2. The van der Waals surface area contributed by atoms with Gasteiger partial charge in [-0.2, -0.15) is 0 Å². The second-order valence-corrected chi connectivity index (χ2v) is 5.81. The van der Waals surface area contributed by atoms with Gasteiger partial charge in [-0.05, 0) is 25.1 Å². The first-order valence-corrected chi connectivity index (χ1v) is 8.06. The van der Waals surface area contributed by atoms with E-state index >= 15 is 0 Å². The summed E-state index contributed by atoms with van der Waals surface area (Å²) >= 11 is 0. The van der Waals surface area contributed by atoms with Gasteiger partial charge in [-0.25, -0.2) is 13.6 Å². The van der Waals surface area contributed by atoms with Crippen LogP contribution in [0.5, 0.6) is 11.5 Å². The zero-order valence-corrected chi connectivity index (χ0v) is 14.4. The van der Waals surface area contributed by atoms with Crippen molar-refractivity contribution in [1.82, 2.24) is 0 Å². The minimum absolute atomic E-state index is 0.111. The van der Waals surface area contributed by atoms with Crippen LogP contribution in [0.15, 0.2) is 30.3 Å². The van der Waals surface area contributed by atoms with E-state index in [9.17, 15) is 28.5 Å². The number of rotatable bonds is 5. The lowest BCUT2D eigenvalue weighted by Gasteiger charge is -2.19. The van der Waals surface area contributed by atoms with Crippen molar-refractivity contribution >= 4 is 17.4 Å². The molecule has 2 aromatic rings. The van der Waals surface area contributed by atoms with E-state index in [2.05, 4.69) is 0 Å². The van der Waals surface area contributed by atoms with Gasteiger partial charge in [0.2, 0.25) is 5.78 Å². The SMILES string of the molecule is CC(OC(=O)c1cc2c(cc1[N+](=O)[O-])OCCO2)C(=O)c1ccc(F)c(F)c1. The molecule has 1 heterocycles. The van der Waals surface area contributed by atoms with Crippen molar-refractivity contribution in [3.05, 3.63) is 63.2 Å². The second-order valence-electron chi connectivity index (χ2n) is 5.81. The van der Waals surface area contributed by atoms with Gasteiger partial charge in [0.15, 0.2) is 29.2 Å². The molecule has 0 aliphatic carbocycles. The number of esters is 1. The molecule has 0 N–H and O–H groups in total. The van der Waals surface area contributed by atoms with E-state index in [1.165, 1.54) is 6.92 Å². The molecule has 0 fully saturated rings. The average Bonchev–Trinajstić information content (AvgIpc) is 2.68. The van der Waals surface area contributed by atoms with Crippen LogP contribution >= 0.6 is 0 Å². The highest BCUT2D eigenvalue weighted by Crippen LogP contribution is 2.37. The fourth-order valence-corrected chi connectivity index (χ4v) is 2.55. The van der Waals surface area contributed by atoms with Gasteiger partial charge in [0, 0.05) is 11.6 Å². The van der Waals surface area contributed by atoms with Crippen LogP contribution in [0.1, 0.15) is 27.6 Å². The van der Waals surface area contributed by atoms with Crippen LogP contribution in [0.25, 0.3) is 0 Å². The number of carbonyl (C=O) groups is 2. The smallest absolute Gasteiger partial charge is 0.346 e. The van der Waals surface area contributed by atoms with Gasteiger partial charge in [-0.1, -0.05) is 0 Å². The van der Waals surface area contributed by atoms with Crippen LogP contribution in [-0.4, -0.2) is 36.0 Å². The van der Waals surface area contributed by atoms with Crippen molar-refractivity contribution in [2.45, 2.75) is 13.0 Å². The Balaban J connectivity index is 1.84. The summed E-state index contributed by atoms with van der Waals surface area (Å²) in [5.74, 6) is -4.07. The summed E-state index contributed by atoms with van der Waals surface area (Å²) in [7, 11) is 0. The molecule has 0 saturated heterocycles. The molecule has 1 aliphatic heterocycles. The maximum absolute atomic E-state index is 13.3. The van der Waals surface area contributed by atoms with Crippen molar-refractivity contribution in [1.29, 1.82) is 0 Å². The zero-order valence-electron chi connectivity index (χ0n) is 14.4. The molecule has 2 aromatic carbocycles. The highest BCUT2D eigenvalue weighted by molar-refractivity contribution is 6.02. The minimum Gasteiger partial charge on any atom is -0.486 e. The Morgan fingerprint density at radius 1 is 1.11 bits per heavy atom. The number of nitro benzene ring substituents is 1. The molecule has 146 valence electrons. The molecular weight excluding hydrogens is 380 g/mol. The van der Waals surface area contributed by atoms with Crippen LogP contribution < -0.4 is 9.47 Å². The quantitative estimate of drug-likeness (QED) is 0.333. The third-order valence-corrected chi connectivity index (χ3v) is 3.93. The summed E-state index contributed by atoms with van der Waals surface area (Å²) in [6.07, 6.45) is -1.40. The molecule has 8 nitrogen and oxygen atoms in total. The van der Waals surface area contributed by atoms with E-state index in [0.717, 1.165) is 24.3 Å². The van der Waals surface area contributed by atoms with E-state index in [0.29, 0.717) is 6.07 Å². The minimum atomic E-state index is -1.40. The molecule has 0 aromatic heterocycles. The van der Waals surface area contributed by atoms with Gasteiger partial charge < -0.3 is 14.2 Å². The van der Waals surface area contributed by atoms with Gasteiger partial charge in [0.05, 0.1) is 11.0 Å². The first kappa shape index (κ1) is 19.2. The number of hydrogen-bond donors (Lipinski definition) is 0. The second kappa shape index (κ2) is 7.59. The number of nitro groups is 1. The summed E-state index contributed by atoms with van der Waals surface area (Å²) in [5, 5.41) is 11.3. The molecule has 1 unspecified atom stereocenters. The van der Waals surface area contributed by atoms with Crippen molar-refractivity contribution in [3.8, 4) is 11.5 Å². The average molecular weight is 393 g/mol. The number of halogens is 2. The number of fused-ring (bicyclic) bond motifs is 1.